The topological polar surface area (TPSA) is 122 Å². The molecule has 2 aromatic carbocycles. The summed E-state index contributed by atoms with van der Waals surface area (Å²) < 4.78 is 0. The van der Waals surface area contributed by atoms with Gasteiger partial charge in [-0.25, -0.2) is 0 Å². The zero-order valence-electron chi connectivity index (χ0n) is 15.1. The first kappa shape index (κ1) is 19.3. The number of nitrogens with zero attached hydrogens (tertiary/aromatic N) is 1. The van der Waals surface area contributed by atoms with Gasteiger partial charge in [0.2, 0.25) is 0 Å². The molecule has 1 fully saturated rings. The van der Waals surface area contributed by atoms with Crippen LogP contribution in [-0.2, 0) is 11.3 Å². The number of amides is 1. The zero-order valence-corrected chi connectivity index (χ0v) is 15.1. The SMILES string of the molecule is O=C(N[C@@H]1CC[C@H](C(=O)O)C1)c1ccc(NCc2ccccc2)c([N+](=O)[O-])c1. The molecule has 0 heterocycles. The average Bonchev–Trinajstić information content (AvgIpc) is 3.15. The predicted octanol–water partition coefficient (Wildman–Crippen LogP) is 3.19. The van der Waals surface area contributed by atoms with Crippen molar-refractivity contribution >= 4 is 23.3 Å². The van der Waals surface area contributed by atoms with E-state index in [2.05, 4.69) is 10.6 Å². The molecule has 1 aliphatic rings. The fraction of sp³-hybridized carbons (Fsp3) is 0.300. The average molecular weight is 383 g/mol. The van der Waals surface area contributed by atoms with Crippen LogP contribution in [0.3, 0.4) is 0 Å². The van der Waals surface area contributed by atoms with Crippen molar-refractivity contribution in [2.24, 2.45) is 5.92 Å². The summed E-state index contributed by atoms with van der Waals surface area (Å²) in [7, 11) is 0. The summed E-state index contributed by atoms with van der Waals surface area (Å²) in [5, 5.41) is 26.3. The van der Waals surface area contributed by atoms with Crippen molar-refractivity contribution in [3.63, 3.8) is 0 Å². The third-order valence-corrected chi connectivity index (χ3v) is 4.90. The van der Waals surface area contributed by atoms with Crippen molar-refractivity contribution in [2.45, 2.75) is 31.8 Å². The van der Waals surface area contributed by atoms with Gasteiger partial charge in [0.1, 0.15) is 5.69 Å². The van der Waals surface area contributed by atoms with Gasteiger partial charge in [-0.15, -0.1) is 0 Å². The second kappa shape index (κ2) is 8.51. The summed E-state index contributed by atoms with van der Waals surface area (Å²) in [6, 6.07) is 13.5. The molecule has 28 heavy (non-hydrogen) atoms. The Bertz CT molecular complexity index is 885. The Morgan fingerprint density at radius 3 is 2.54 bits per heavy atom. The number of carbonyl (C=O) groups is 2. The van der Waals surface area contributed by atoms with Crippen LogP contribution in [0.5, 0.6) is 0 Å². The number of hydrogen-bond donors (Lipinski definition) is 3. The lowest BCUT2D eigenvalue weighted by molar-refractivity contribution is -0.384. The standard InChI is InChI=1S/C20H21N3O5/c24-19(22-16-8-6-15(10-16)20(25)26)14-7-9-17(18(11-14)23(27)28)21-12-13-4-2-1-3-5-13/h1-5,7,9,11,15-16,21H,6,8,10,12H2,(H,22,24)(H,25,26)/t15-,16+/m0/s1. The Balaban J connectivity index is 1.69. The molecule has 0 aromatic heterocycles. The highest BCUT2D eigenvalue weighted by Gasteiger charge is 2.31. The number of carbonyl (C=O) groups excluding carboxylic acids is 1. The molecular formula is C20H21N3O5. The first-order chi connectivity index (χ1) is 13.4. The van der Waals surface area contributed by atoms with Gasteiger partial charge < -0.3 is 15.7 Å². The molecule has 8 heteroatoms. The van der Waals surface area contributed by atoms with Crippen LogP contribution < -0.4 is 10.6 Å². The van der Waals surface area contributed by atoms with Crippen molar-refractivity contribution < 1.29 is 19.6 Å². The molecule has 1 saturated carbocycles. The van der Waals surface area contributed by atoms with Crippen LogP contribution in [0, 0.1) is 16.0 Å². The fourth-order valence-electron chi connectivity index (χ4n) is 3.37. The van der Waals surface area contributed by atoms with Gasteiger partial charge in [0.15, 0.2) is 0 Å². The Morgan fingerprint density at radius 1 is 1.14 bits per heavy atom. The molecule has 3 N–H and O–H groups in total. The van der Waals surface area contributed by atoms with Gasteiger partial charge >= 0.3 is 5.97 Å². The Labute approximate surface area is 161 Å². The minimum absolute atomic E-state index is 0.177. The van der Waals surface area contributed by atoms with Crippen LogP contribution in [0.2, 0.25) is 0 Å². The number of carboxylic acids is 1. The number of aliphatic carboxylic acids is 1. The highest BCUT2D eigenvalue weighted by Crippen LogP contribution is 2.28. The van der Waals surface area contributed by atoms with Gasteiger partial charge in [-0.3, -0.25) is 19.7 Å². The summed E-state index contributed by atoms with van der Waals surface area (Å²) in [6.45, 7) is 0.422. The van der Waals surface area contributed by atoms with E-state index in [1.165, 1.54) is 18.2 Å². The number of anilines is 1. The van der Waals surface area contributed by atoms with Crippen LogP contribution in [0.4, 0.5) is 11.4 Å². The van der Waals surface area contributed by atoms with Crippen molar-refractivity contribution in [1.82, 2.24) is 5.32 Å². The molecule has 0 unspecified atom stereocenters. The molecular weight excluding hydrogens is 362 g/mol. The van der Waals surface area contributed by atoms with E-state index >= 15 is 0 Å². The largest absolute Gasteiger partial charge is 0.481 e. The summed E-state index contributed by atoms with van der Waals surface area (Å²) >= 11 is 0. The van der Waals surface area contributed by atoms with E-state index < -0.39 is 22.7 Å². The lowest BCUT2D eigenvalue weighted by Gasteiger charge is -2.13. The van der Waals surface area contributed by atoms with Crippen molar-refractivity contribution in [2.75, 3.05) is 5.32 Å². The number of carboxylic acid groups (broad SMARTS) is 1. The molecule has 0 aliphatic heterocycles. The molecule has 3 rings (SSSR count). The maximum Gasteiger partial charge on any atom is 0.306 e. The third-order valence-electron chi connectivity index (χ3n) is 4.90. The van der Waals surface area contributed by atoms with E-state index in [0.717, 1.165) is 5.56 Å². The normalized spacial score (nSPS) is 18.4. The van der Waals surface area contributed by atoms with E-state index in [-0.39, 0.29) is 17.3 Å². The molecule has 2 aromatic rings. The monoisotopic (exact) mass is 383 g/mol. The summed E-state index contributed by atoms with van der Waals surface area (Å²) in [6.07, 6.45) is 1.48. The van der Waals surface area contributed by atoms with E-state index in [4.69, 9.17) is 5.11 Å². The maximum atomic E-state index is 12.4. The van der Waals surface area contributed by atoms with E-state index in [9.17, 15) is 19.7 Å². The molecule has 146 valence electrons. The molecule has 0 spiro atoms. The van der Waals surface area contributed by atoms with Gasteiger partial charge in [-0.05, 0) is 37.0 Å². The van der Waals surface area contributed by atoms with E-state index in [0.29, 0.717) is 31.5 Å². The predicted molar refractivity (Wildman–Crippen MR) is 103 cm³/mol. The number of benzene rings is 2. The number of rotatable bonds is 7. The number of hydrogen-bond acceptors (Lipinski definition) is 5. The summed E-state index contributed by atoms with van der Waals surface area (Å²) in [5.74, 6) is -1.75. The summed E-state index contributed by atoms with van der Waals surface area (Å²) in [5.41, 5.74) is 1.30. The molecule has 0 bridgehead atoms. The van der Waals surface area contributed by atoms with Gasteiger partial charge in [0.25, 0.3) is 11.6 Å². The van der Waals surface area contributed by atoms with Crippen LogP contribution in [0.15, 0.2) is 48.5 Å². The number of nitro benzene ring substituents is 1. The van der Waals surface area contributed by atoms with E-state index in [1.54, 1.807) is 0 Å². The minimum atomic E-state index is -0.860. The highest BCUT2D eigenvalue weighted by atomic mass is 16.6. The Kier molecular flexibility index (Phi) is 5.88. The van der Waals surface area contributed by atoms with Crippen LogP contribution in [0.25, 0.3) is 0 Å². The van der Waals surface area contributed by atoms with Gasteiger partial charge in [0.05, 0.1) is 10.8 Å². The van der Waals surface area contributed by atoms with Crippen molar-refractivity contribution in [3.05, 3.63) is 69.8 Å². The summed E-state index contributed by atoms with van der Waals surface area (Å²) in [4.78, 5) is 34.4. The fourth-order valence-corrected chi connectivity index (χ4v) is 3.37. The van der Waals surface area contributed by atoms with Crippen LogP contribution in [0.1, 0.15) is 35.2 Å². The molecule has 1 aliphatic carbocycles. The molecule has 0 saturated heterocycles. The number of nitro groups is 1. The smallest absolute Gasteiger partial charge is 0.306 e. The highest BCUT2D eigenvalue weighted by molar-refractivity contribution is 5.96. The Morgan fingerprint density at radius 2 is 1.89 bits per heavy atom. The first-order valence-corrected chi connectivity index (χ1v) is 9.04. The van der Waals surface area contributed by atoms with Gasteiger partial charge in [-0.1, -0.05) is 30.3 Å². The zero-order chi connectivity index (χ0) is 20.1. The second-order valence-electron chi connectivity index (χ2n) is 6.85. The van der Waals surface area contributed by atoms with Gasteiger partial charge in [0, 0.05) is 24.2 Å². The van der Waals surface area contributed by atoms with Crippen molar-refractivity contribution in [3.8, 4) is 0 Å². The molecule has 0 radical (unpaired) electrons. The molecule has 8 nitrogen and oxygen atoms in total. The van der Waals surface area contributed by atoms with Gasteiger partial charge in [-0.2, -0.15) is 0 Å². The quantitative estimate of drug-likeness (QED) is 0.499. The third kappa shape index (κ3) is 4.64. The maximum absolute atomic E-state index is 12.4. The van der Waals surface area contributed by atoms with Crippen LogP contribution >= 0.6 is 0 Å². The van der Waals surface area contributed by atoms with E-state index in [1.807, 2.05) is 30.3 Å². The van der Waals surface area contributed by atoms with Crippen LogP contribution in [-0.4, -0.2) is 27.9 Å². The Hall–Kier alpha value is -3.42. The molecule has 2 atom stereocenters. The molecule has 1 amide bonds. The first-order valence-electron chi connectivity index (χ1n) is 9.04. The minimum Gasteiger partial charge on any atom is -0.481 e. The lowest BCUT2D eigenvalue weighted by atomic mass is 10.1. The van der Waals surface area contributed by atoms with Crippen molar-refractivity contribution in [1.29, 1.82) is 0 Å². The lowest BCUT2D eigenvalue weighted by Crippen LogP contribution is -2.33. The second-order valence-corrected chi connectivity index (χ2v) is 6.85. The number of nitrogens with one attached hydrogen (secondary N) is 2.